The second-order valence-corrected chi connectivity index (χ2v) is 13.7. The number of fused-ring (bicyclic) bond motifs is 2. The first-order chi connectivity index (χ1) is 27.7. The minimum Gasteiger partial charge on any atom is -0.252 e. The number of aromatic nitrogens is 5. The lowest BCUT2D eigenvalue weighted by Crippen LogP contribution is -2.02. The Morgan fingerprint density at radius 1 is 0.286 bits per heavy atom. The summed E-state index contributed by atoms with van der Waals surface area (Å²) in [5.74, 6) is 1.72. The molecular weight excluding hydrogens is 683 g/mol. The van der Waals surface area contributed by atoms with Crippen LogP contribution in [0.25, 0.3) is 101 Å². The number of rotatable bonds is 7. The number of hydrogen-bond acceptors (Lipinski definition) is 5. The number of pyridine rings is 2. The maximum absolute atomic E-state index is 5.15. The van der Waals surface area contributed by atoms with Gasteiger partial charge in [-0.2, -0.15) is 0 Å². The van der Waals surface area contributed by atoms with E-state index in [2.05, 4.69) is 164 Å². The van der Waals surface area contributed by atoms with Gasteiger partial charge >= 0.3 is 0 Å². The minimum atomic E-state index is 0.531. The van der Waals surface area contributed by atoms with Gasteiger partial charge in [0, 0.05) is 33.8 Å². The monoisotopic (exact) mass is 715 g/mol. The third-order valence-corrected chi connectivity index (χ3v) is 10.2. The molecule has 0 saturated heterocycles. The molecule has 0 fully saturated rings. The predicted molar refractivity (Wildman–Crippen MR) is 228 cm³/mol. The number of nitrogens with zero attached hydrogens (tertiary/aromatic N) is 5. The van der Waals surface area contributed by atoms with Gasteiger partial charge in [0.15, 0.2) is 17.5 Å². The van der Waals surface area contributed by atoms with Gasteiger partial charge in [-0.15, -0.1) is 0 Å². The summed E-state index contributed by atoms with van der Waals surface area (Å²) in [6.07, 6.45) is 1.82. The SMILES string of the molecule is c1ccc(-c2cc(-c3cccc(-c4cccc(-c5nc(-c6cccc7ccccc67)nc(-c6nccc7ccccc67)n5)c4)c3)cc(-c3ccccc3)n2)cc1. The summed E-state index contributed by atoms with van der Waals surface area (Å²) in [5, 5.41) is 4.27. The highest BCUT2D eigenvalue weighted by Crippen LogP contribution is 2.35. The van der Waals surface area contributed by atoms with Crippen molar-refractivity contribution in [3.05, 3.63) is 200 Å². The highest BCUT2D eigenvalue weighted by Gasteiger charge is 2.17. The van der Waals surface area contributed by atoms with Gasteiger partial charge in [0.1, 0.15) is 5.69 Å². The van der Waals surface area contributed by atoms with Crippen LogP contribution in [0.15, 0.2) is 200 Å². The van der Waals surface area contributed by atoms with Crippen molar-refractivity contribution in [1.82, 2.24) is 24.9 Å². The van der Waals surface area contributed by atoms with Crippen LogP contribution in [0.5, 0.6) is 0 Å². The van der Waals surface area contributed by atoms with Gasteiger partial charge in [0.05, 0.1) is 11.4 Å². The molecule has 0 aliphatic heterocycles. The molecule has 0 spiro atoms. The second-order valence-electron chi connectivity index (χ2n) is 13.7. The highest BCUT2D eigenvalue weighted by molar-refractivity contribution is 5.96. The second kappa shape index (κ2) is 14.3. The fourth-order valence-electron chi connectivity index (χ4n) is 7.38. The van der Waals surface area contributed by atoms with Gasteiger partial charge in [-0.05, 0) is 68.7 Å². The molecule has 5 heteroatoms. The first-order valence-corrected chi connectivity index (χ1v) is 18.7. The average molecular weight is 716 g/mol. The lowest BCUT2D eigenvalue weighted by atomic mass is 9.96. The van der Waals surface area contributed by atoms with Crippen LogP contribution in [-0.4, -0.2) is 24.9 Å². The quantitative estimate of drug-likeness (QED) is 0.164. The topological polar surface area (TPSA) is 64.5 Å². The standard InChI is InChI=1S/C51H33N5/c1-3-16-36(17-4-1)46-32-42(33-47(53-46)37-18-5-2-6-19-37)40-23-11-21-38(30-40)39-22-12-24-41(31-39)49-54-50(45-27-13-20-34-14-7-9-25-43(34)45)56-51(55-49)48-44-26-10-8-15-35(44)28-29-52-48/h1-33H. The average Bonchev–Trinajstić information content (AvgIpc) is 3.29. The maximum Gasteiger partial charge on any atom is 0.183 e. The Morgan fingerprint density at radius 3 is 1.46 bits per heavy atom. The molecule has 10 aromatic rings. The third-order valence-electron chi connectivity index (χ3n) is 10.2. The molecule has 5 nitrogen and oxygen atoms in total. The Bertz CT molecular complexity index is 2870. The fourth-order valence-corrected chi connectivity index (χ4v) is 7.38. The van der Waals surface area contributed by atoms with Gasteiger partial charge in [0.2, 0.25) is 0 Å². The molecule has 0 atom stereocenters. The fraction of sp³-hybridized carbons (Fsp3) is 0. The van der Waals surface area contributed by atoms with Crippen LogP contribution < -0.4 is 0 Å². The van der Waals surface area contributed by atoms with E-state index in [1.54, 1.807) is 0 Å². The molecule has 0 aliphatic rings. The van der Waals surface area contributed by atoms with Crippen LogP contribution in [0.3, 0.4) is 0 Å². The summed E-state index contributed by atoms with van der Waals surface area (Å²) in [4.78, 5) is 25.3. The molecular formula is C51H33N5. The Balaban J connectivity index is 1.10. The van der Waals surface area contributed by atoms with E-state index >= 15 is 0 Å². The van der Waals surface area contributed by atoms with Gasteiger partial charge in [-0.3, -0.25) is 4.98 Å². The van der Waals surface area contributed by atoms with E-state index < -0.39 is 0 Å². The lowest BCUT2D eigenvalue weighted by Gasteiger charge is -2.13. The molecule has 3 aromatic heterocycles. The first-order valence-electron chi connectivity index (χ1n) is 18.7. The van der Waals surface area contributed by atoms with Crippen LogP contribution in [0.4, 0.5) is 0 Å². The Labute approximate surface area is 324 Å². The third kappa shape index (κ3) is 6.37. The molecule has 262 valence electrons. The summed E-state index contributed by atoms with van der Waals surface area (Å²) >= 11 is 0. The van der Waals surface area contributed by atoms with E-state index in [0.717, 1.165) is 83.1 Å². The van der Waals surface area contributed by atoms with Crippen molar-refractivity contribution in [1.29, 1.82) is 0 Å². The van der Waals surface area contributed by atoms with Gasteiger partial charge in [0.25, 0.3) is 0 Å². The molecule has 0 radical (unpaired) electrons. The lowest BCUT2D eigenvalue weighted by molar-refractivity contribution is 1.06. The van der Waals surface area contributed by atoms with Gasteiger partial charge in [-0.1, -0.05) is 164 Å². The van der Waals surface area contributed by atoms with E-state index in [0.29, 0.717) is 17.5 Å². The van der Waals surface area contributed by atoms with E-state index in [-0.39, 0.29) is 0 Å². The molecule has 7 aromatic carbocycles. The first kappa shape index (κ1) is 33.0. The van der Waals surface area contributed by atoms with Crippen LogP contribution in [0, 0.1) is 0 Å². The van der Waals surface area contributed by atoms with Crippen molar-refractivity contribution in [3.63, 3.8) is 0 Å². The zero-order valence-electron chi connectivity index (χ0n) is 30.3. The molecule has 3 heterocycles. The smallest absolute Gasteiger partial charge is 0.183 e. The molecule has 0 bridgehead atoms. The van der Waals surface area contributed by atoms with Crippen molar-refractivity contribution in [2.45, 2.75) is 0 Å². The number of hydrogen-bond donors (Lipinski definition) is 0. The van der Waals surface area contributed by atoms with E-state index in [9.17, 15) is 0 Å². The molecule has 56 heavy (non-hydrogen) atoms. The largest absolute Gasteiger partial charge is 0.252 e. The summed E-state index contributed by atoms with van der Waals surface area (Å²) in [6.45, 7) is 0. The van der Waals surface area contributed by atoms with Crippen LogP contribution in [0.1, 0.15) is 0 Å². The molecule has 10 rings (SSSR count). The zero-order chi connectivity index (χ0) is 37.3. The zero-order valence-corrected chi connectivity index (χ0v) is 30.3. The normalized spacial score (nSPS) is 11.2. The van der Waals surface area contributed by atoms with E-state index in [4.69, 9.17) is 24.9 Å². The highest BCUT2D eigenvalue weighted by atomic mass is 15.0. The Hall–Kier alpha value is -7.63. The number of benzene rings is 7. The van der Waals surface area contributed by atoms with Crippen molar-refractivity contribution in [3.8, 4) is 79.1 Å². The van der Waals surface area contributed by atoms with Crippen molar-refractivity contribution in [2.75, 3.05) is 0 Å². The Kier molecular flexibility index (Phi) is 8.43. The predicted octanol–water partition coefficient (Wildman–Crippen LogP) is 12.6. The van der Waals surface area contributed by atoms with Crippen LogP contribution >= 0.6 is 0 Å². The Morgan fingerprint density at radius 2 is 0.768 bits per heavy atom. The van der Waals surface area contributed by atoms with E-state index in [1.165, 1.54) is 0 Å². The van der Waals surface area contributed by atoms with Crippen molar-refractivity contribution >= 4 is 21.5 Å². The van der Waals surface area contributed by atoms with Gasteiger partial charge in [-0.25, -0.2) is 19.9 Å². The molecule has 0 saturated carbocycles. The van der Waals surface area contributed by atoms with E-state index in [1.807, 2.05) is 36.5 Å². The van der Waals surface area contributed by atoms with Crippen molar-refractivity contribution in [2.24, 2.45) is 0 Å². The van der Waals surface area contributed by atoms with Crippen molar-refractivity contribution < 1.29 is 0 Å². The maximum atomic E-state index is 5.15. The van der Waals surface area contributed by atoms with Crippen LogP contribution in [-0.2, 0) is 0 Å². The summed E-state index contributed by atoms with van der Waals surface area (Å²) < 4.78 is 0. The van der Waals surface area contributed by atoms with Gasteiger partial charge < -0.3 is 0 Å². The summed E-state index contributed by atoms with van der Waals surface area (Å²) in [5.41, 5.74) is 10.9. The molecule has 0 amide bonds. The molecule has 0 unspecified atom stereocenters. The summed E-state index contributed by atoms with van der Waals surface area (Å²) in [6, 6.07) is 67.0. The van der Waals surface area contributed by atoms with Crippen LogP contribution in [0.2, 0.25) is 0 Å². The molecule has 0 aliphatic carbocycles. The summed E-state index contributed by atoms with van der Waals surface area (Å²) in [7, 11) is 0. The molecule has 0 N–H and O–H groups in total. The minimum absolute atomic E-state index is 0.531.